The fourth-order valence-electron chi connectivity index (χ4n) is 2.66. The van der Waals surface area contributed by atoms with Crippen LogP contribution in [0.1, 0.15) is 39.8 Å². The van der Waals surface area contributed by atoms with E-state index >= 15 is 0 Å². The third-order valence-electron chi connectivity index (χ3n) is 4.46. The second-order valence-corrected chi connectivity index (χ2v) is 6.21. The normalized spacial score (nSPS) is 10.7. The van der Waals surface area contributed by atoms with E-state index in [0.29, 0.717) is 11.4 Å². The number of benzene rings is 2. The minimum atomic E-state index is -0.253. The van der Waals surface area contributed by atoms with Crippen molar-refractivity contribution in [3.63, 3.8) is 0 Å². The maximum Gasteiger partial charge on any atom is 0.278 e. The Kier molecular flexibility index (Phi) is 4.65. The molecule has 5 heteroatoms. The highest BCUT2D eigenvalue weighted by atomic mass is 16.2. The average Bonchev–Trinajstić information content (AvgIpc) is 2.99. The second-order valence-electron chi connectivity index (χ2n) is 6.21. The lowest BCUT2D eigenvalue weighted by Crippen LogP contribution is -2.14. The summed E-state index contributed by atoms with van der Waals surface area (Å²) >= 11 is 0. The number of aryl methyl sites for hydroxylation is 3. The molecule has 0 aliphatic rings. The molecule has 2 aromatic carbocycles. The van der Waals surface area contributed by atoms with Crippen LogP contribution in [0.5, 0.6) is 0 Å². The second kappa shape index (κ2) is 6.89. The van der Waals surface area contributed by atoms with Gasteiger partial charge < -0.3 is 5.32 Å². The van der Waals surface area contributed by atoms with E-state index in [4.69, 9.17) is 0 Å². The standard InChI is InChI=1S/C20H22N4O/c1-5-16-7-9-17(10-8-16)21-20(25)19-15(4)24(23-22-19)18-11-6-13(2)14(3)12-18/h6-12H,5H2,1-4H3,(H,21,25). The maximum absolute atomic E-state index is 12.5. The number of carbonyl (C=O) groups excluding carboxylic acids is 1. The summed E-state index contributed by atoms with van der Waals surface area (Å²) in [6.45, 7) is 8.07. The molecule has 5 nitrogen and oxygen atoms in total. The van der Waals surface area contributed by atoms with Crippen LogP contribution in [0.15, 0.2) is 42.5 Å². The molecular weight excluding hydrogens is 312 g/mol. The molecule has 0 bridgehead atoms. The van der Waals surface area contributed by atoms with E-state index in [1.807, 2.05) is 49.4 Å². The lowest BCUT2D eigenvalue weighted by Gasteiger charge is -2.07. The van der Waals surface area contributed by atoms with Crippen molar-refractivity contribution in [1.29, 1.82) is 0 Å². The highest BCUT2D eigenvalue weighted by Gasteiger charge is 2.17. The Labute approximate surface area is 147 Å². The number of aromatic nitrogens is 3. The first-order valence-electron chi connectivity index (χ1n) is 8.40. The number of nitrogens with one attached hydrogen (secondary N) is 1. The predicted octanol–water partition coefficient (Wildman–Crippen LogP) is 4.01. The van der Waals surface area contributed by atoms with Crippen LogP contribution in [0.3, 0.4) is 0 Å². The molecule has 1 heterocycles. The lowest BCUT2D eigenvalue weighted by molar-refractivity contribution is 0.102. The van der Waals surface area contributed by atoms with E-state index in [-0.39, 0.29) is 5.91 Å². The van der Waals surface area contributed by atoms with Crippen molar-refractivity contribution in [2.45, 2.75) is 34.1 Å². The summed E-state index contributed by atoms with van der Waals surface area (Å²) in [7, 11) is 0. The summed E-state index contributed by atoms with van der Waals surface area (Å²) in [5.74, 6) is -0.253. The molecule has 0 saturated heterocycles. The molecule has 0 aliphatic carbocycles. The Morgan fingerprint density at radius 1 is 1.04 bits per heavy atom. The minimum absolute atomic E-state index is 0.253. The van der Waals surface area contributed by atoms with E-state index in [1.54, 1.807) is 4.68 Å². The number of rotatable bonds is 4. The molecular formula is C20H22N4O. The Bertz CT molecular complexity index is 910. The van der Waals surface area contributed by atoms with Gasteiger partial charge in [0.1, 0.15) is 0 Å². The van der Waals surface area contributed by atoms with Gasteiger partial charge in [0.15, 0.2) is 5.69 Å². The number of nitrogens with zero attached hydrogens (tertiary/aromatic N) is 3. The predicted molar refractivity (Wildman–Crippen MR) is 99.3 cm³/mol. The molecule has 3 aromatic rings. The van der Waals surface area contributed by atoms with Crippen LogP contribution in [0.2, 0.25) is 0 Å². The zero-order valence-electron chi connectivity index (χ0n) is 15.0. The van der Waals surface area contributed by atoms with E-state index in [0.717, 1.165) is 17.8 Å². The van der Waals surface area contributed by atoms with Crippen molar-refractivity contribution in [2.24, 2.45) is 0 Å². The Morgan fingerprint density at radius 3 is 2.40 bits per heavy atom. The van der Waals surface area contributed by atoms with Crippen LogP contribution in [-0.4, -0.2) is 20.9 Å². The van der Waals surface area contributed by atoms with Crippen LogP contribution in [0.4, 0.5) is 5.69 Å². The van der Waals surface area contributed by atoms with Gasteiger partial charge in [-0.25, -0.2) is 4.68 Å². The van der Waals surface area contributed by atoms with Crippen molar-refractivity contribution in [3.8, 4) is 5.69 Å². The summed E-state index contributed by atoms with van der Waals surface area (Å²) in [5, 5.41) is 11.1. The smallest absolute Gasteiger partial charge is 0.278 e. The first-order chi connectivity index (χ1) is 12.0. The molecule has 1 aromatic heterocycles. The molecule has 0 spiro atoms. The van der Waals surface area contributed by atoms with Crippen LogP contribution in [-0.2, 0) is 6.42 Å². The largest absolute Gasteiger partial charge is 0.321 e. The third-order valence-corrected chi connectivity index (χ3v) is 4.46. The van der Waals surface area contributed by atoms with Gasteiger partial charge in [0.25, 0.3) is 5.91 Å². The van der Waals surface area contributed by atoms with Gasteiger partial charge in [0.05, 0.1) is 11.4 Å². The van der Waals surface area contributed by atoms with E-state index in [9.17, 15) is 4.79 Å². The molecule has 0 fully saturated rings. The van der Waals surface area contributed by atoms with E-state index in [2.05, 4.69) is 36.4 Å². The van der Waals surface area contributed by atoms with E-state index < -0.39 is 0 Å². The van der Waals surface area contributed by atoms with E-state index in [1.165, 1.54) is 16.7 Å². The monoisotopic (exact) mass is 334 g/mol. The molecule has 1 N–H and O–H groups in total. The van der Waals surface area contributed by atoms with Crippen LogP contribution >= 0.6 is 0 Å². The zero-order valence-corrected chi connectivity index (χ0v) is 15.0. The summed E-state index contributed by atoms with van der Waals surface area (Å²) in [5.41, 5.74) is 6.32. The van der Waals surface area contributed by atoms with Crippen molar-refractivity contribution in [2.75, 3.05) is 5.32 Å². The quantitative estimate of drug-likeness (QED) is 0.784. The van der Waals surface area contributed by atoms with Gasteiger partial charge in [-0.15, -0.1) is 5.10 Å². The minimum Gasteiger partial charge on any atom is -0.321 e. The molecule has 0 unspecified atom stereocenters. The number of hydrogen-bond donors (Lipinski definition) is 1. The summed E-state index contributed by atoms with van der Waals surface area (Å²) in [6.07, 6.45) is 0.970. The van der Waals surface area contributed by atoms with Gasteiger partial charge >= 0.3 is 0 Å². The summed E-state index contributed by atoms with van der Waals surface area (Å²) in [4.78, 5) is 12.5. The molecule has 0 atom stereocenters. The summed E-state index contributed by atoms with van der Waals surface area (Å²) < 4.78 is 1.70. The average molecular weight is 334 g/mol. The highest BCUT2D eigenvalue weighted by Crippen LogP contribution is 2.17. The molecule has 128 valence electrons. The topological polar surface area (TPSA) is 59.8 Å². The van der Waals surface area contributed by atoms with Gasteiger partial charge in [0.2, 0.25) is 0 Å². The third kappa shape index (κ3) is 3.45. The lowest BCUT2D eigenvalue weighted by atomic mass is 10.1. The molecule has 1 amide bonds. The number of amides is 1. The van der Waals surface area contributed by atoms with Crippen molar-refractivity contribution in [1.82, 2.24) is 15.0 Å². The molecule has 3 rings (SSSR count). The van der Waals surface area contributed by atoms with Gasteiger partial charge in [-0.1, -0.05) is 30.3 Å². The van der Waals surface area contributed by atoms with Crippen molar-refractivity contribution < 1.29 is 4.79 Å². The first-order valence-corrected chi connectivity index (χ1v) is 8.40. The van der Waals surface area contributed by atoms with Gasteiger partial charge in [-0.3, -0.25) is 4.79 Å². The van der Waals surface area contributed by atoms with Crippen LogP contribution in [0, 0.1) is 20.8 Å². The Hall–Kier alpha value is -2.95. The van der Waals surface area contributed by atoms with Crippen LogP contribution < -0.4 is 5.32 Å². The van der Waals surface area contributed by atoms with Gasteiger partial charge in [-0.05, 0) is 68.1 Å². The highest BCUT2D eigenvalue weighted by molar-refractivity contribution is 6.03. The van der Waals surface area contributed by atoms with Gasteiger partial charge in [0, 0.05) is 5.69 Å². The number of carbonyl (C=O) groups is 1. The number of hydrogen-bond acceptors (Lipinski definition) is 3. The summed E-state index contributed by atoms with van der Waals surface area (Å²) in [6, 6.07) is 13.9. The van der Waals surface area contributed by atoms with Crippen molar-refractivity contribution in [3.05, 3.63) is 70.5 Å². The Morgan fingerprint density at radius 2 is 1.76 bits per heavy atom. The fraction of sp³-hybridized carbons (Fsp3) is 0.250. The Balaban J connectivity index is 1.84. The first kappa shape index (κ1) is 16.9. The number of anilines is 1. The maximum atomic E-state index is 12.5. The SMILES string of the molecule is CCc1ccc(NC(=O)c2nnn(-c3ccc(C)c(C)c3)c2C)cc1. The molecule has 0 saturated carbocycles. The van der Waals surface area contributed by atoms with Crippen LogP contribution in [0.25, 0.3) is 5.69 Å². The molecule has 0 radical (unpaired) electrons. The van der Waals surface area contributed by atoms with Crippen molar-refractivity contribution >= 4 is 11.6 Å². The fourth-order valence-corrected chi connectivity index (χ4v) is 2.66. The zero-order chi connectivity index (χ0) is 18.0. The van der Waals surface area contributed by atoms with Gasteiger partial charge in [-0.2, -0.15) is 0 Å². The molecule has 25 heavy (non-hydrogen) atoms. The molecule has 0 aliphatic heterocycles.